The number of rotatable bonds is 5. The summed E-state index contributed by atoms with van der Waals surface area (Å²) in [5.41, 5.74) is 2.88. The number of carbonyl (C=O) groups is 2. The van der Waals surface area contributed by atoms with Crippen LogP contribution in [0.25, 0.3) is 10.9 Å². The third-order valence-corrected chi connectivity index (χ3v) is 5.17. The summed E-state index contributed by atoms with van der Waals surface area (Å²) in [5, 5.41) is 3.95. The van der Waals surface area contributed by atoms with Crippen molar-refractivity contribution >= 4 is 28.6 Å². The molecule has 0 radical (unpaired) electrons. The van der Waals surface area contributed by atoms with E-state index >= 15 is 0 Å². The third kappa shape index (κ3) is 3.86. The Morgan fingerprint density at radius 2 is 1.93 bits per heavy atom. The first-order chi connectivity index (χ1) is 13.6. The first-order valence-electron chi connectivity index (χ1n) is 9.44. The van der Waals surface area contributed by atoms with E-state index in [1.165, 1.54) is 0 Å². The molecule has 0 saturated heterocycles. The van der Waals surface area contributed by atoms with Gasteiger partial charge in [-0.25, -0.2) is 4.79 Å². The zero-order valence-corrected chi connectivity index (χ0v) is 15.7. The van der Waals surface area contributed by atoms with E-state index in [0.717, 1.165) is 22.2 Å². The number of hydrogen-bond donors (Lipinski definition) is 2. The maximum atomic E-state index is 12.2. The van der Waals surface area contributed by atoms with Crippen LogP contribution in [-0.2, 0) is 16.1 Å². The van der Waals surface area contributed by atoms with Crippen LogP contribution in [0.2, 0.25) is 0 Å². The zero-order chi connectivity index (χ0) is 19.5. The van der Waals surface area contributed by atoms with Crippen LogP contribution >= 0.6 is 0 Å². The summed E-state index contributed by atoms with van der Waals surface area (Å²) in [5.74, 6) is 0.00462. The number of anilines is 1. The van der Waals surface area contributed by atoms with E-state index in [1.54, 1.807) is 6.92 Å². The minimum atomic E-state index is -0.421. The summed E-state index contributed by atoms with van der Waals surface area (Å²) in [4.78, 5) is 29.2. The van der Waals surface area contributed by atoms with E-state index in [9.17, 15) is 9.59 Å². The van der Waals surface area contributed by atoms with Crippen LogP contribution in [-0.4, -0.2) is 29.1 Å². The van der Waals surface area contributed by atoms with Gasteiger partial charge in [0.2, 0.25) is 5.91 Å². The highest BCUT2D eigenvalue weighted by Gasteiger charge is 2.37. The molecule has 0 unspecified atom stereocenters. The molecule has 6 nitrogen and oxygen atoms in total. The lowest BCUT2D eigenvalue weighted by Gasteiger charge is -2.42. The van der Waals surface area contributed by atoms with Gasteiger partial charge in [0.05, 0.1) is 0 Å². The monoisotopic (exact) mass is 377 g/mol. The van der Waals surface area contributed by atoms with Crippen molar-refractivity contribution in [1.29, 1.82) is 0 Å². The van der Waals surface area contributed by atoms with Crippen LogP contribution in [0, 0.1) is 0 Å². The highest BCUT2D eigenvalue weighted by molar-refractivity contribution is 5.95. The molecule has 1 saturated carbocycles. The van der Waals surface area contributed by atoms with Crippen molar-refractivity contribution in [3.8, 4) is 0 Å². The van der Waals surface area contributed by atoms with Gasteiger partial charge in [-0.3, -0.25) is 4.79 Å². The van der Waals surface area contributed by atoms with Gasteiger partial charge in [0.25, 0.3) is 0 Å². The number of nitrogens with one attached hydrogen (secondary N) is 2. The van der Waals surface area contributed by atoms with Crippen molar-refractivity contribution in [3.63, 3.8) is 0 Å². The van der Waals surface area contributed by atoms with Gasteiger partial charge in [-0.15, -0.1) is 0 Å². The van der Waals surface area contributed by atoms with E-state index in [2.05, 4.69) is 10.3 Å². The van der Waals surface area contributed by atoms with Crippen molar-refractivity contribution < 1.29 is 14.3 Å². The number of aromatic nitrogens is 1. The smallest absolute Gasteiger partial charge is 0.407 e. The minimum Gasteiger partial charge on any atom is -0.445 e. The van der Waals surface area contributed by atoms with Crippen LogP contribution in [0.3, 0.4) is 0 Å². The lowest BCUT2D eigenvalue weighted by molar-refractivity contribution is -0.117. The number of carbonyl (C=O) groups excluding carboxylic acids is 2. The molecule has 144 valence electrons. The molecule has 1 fully saturated rings. The lowest BCUT2D eigenvalue weighted by Crippen LogP contribution is -2.55. The quantitative estimate of drug-likeness (QED) is 0.706. The van der Waals surface area contributed by atoms with Gasteiger partial charge in [-0.2, -0.15) is 0 Å². The van der Waals surface area contributed by atoms with E-state index in [-0.39, 0.29) is 24.6 Å². The van der Waals surface area contributed by atoms with Crippen LogP contribution in [0.5, 0.6) is 0 Å². The average Bonchev–Trinajstić information content (AvgIpc) is 3.13. The van der Waals surface area contributed by atoms with Gasteiger partial charge in [0.15, 0.2) is 0 Å². The Hall–Kier alpha value is -3.28. The molecular formula is C22H23N3O3. The van der Waals surface area contributed by atoms with Crippen LogP contribution in [0.4, 0.5) is 10.5 Å². The summed E-state index contributed by atoms with van der Waals surface area (Å²) >= 11 is 0. The molecule has 4 rings (SSSR count). The van der Waals surface area contributed by atoms with Crippen molar-refractivity contribution in [2.75, 3.05) is 4.90 Å². The molecule has 2 amide bonds. The molecule has 1 aliphatic carbocycles. The molecule has 28 heavy (non-hydrogen) atoms. The summed E-state index contributed by atoms with van der Waals surface area (Å²) in [6.07, 6.45) is 2.89. The van der Waals surface area contributed by atoms with Crippen molar-refractivity contribution in [1.82, 2.24) is 10.3 Å². The largest absolute Gasteiger partial charge is 0.445 e. The Kier molecular flexibility index (Phi) is 5.02. The molecule has 1 heterocycles. The maximum absolute atomic E-state index is 12.2. The Morgan fingerprint density at radius 1 is 1.14 bits per heavy atom. The lowest BCUT2D eigenvalue weighted by atomic mass is 9.85. The molecule has 2 N–H and O–H groups in total. The van der Waals surface area contributed by atoms with Gasteiger partial charge in [-0.1, -0.05) is 30.3 Å². The second-order valence-electron chi connectivity index (χ2n) is 7.17. The van der Waals surface area contributed by atoms with Crippen molar-refractivity contribution in [2.24, 2.45) is 0 Å². The molecule has 6 heteroatoms. The first kappa shape index (κ1) is 18.1. The minimum absolute atomic E-state index is 0.00462. The number of H-pyrrole nitrogens is 1. The molecular weight excluding hydrogens is 354 g/mol. The normalized spacial score (nSPS) is 18.3. The molecule has 3 aromatic rings. The SMILES string of the molecule is CC(=O)N(c1ccc2[nH]ccc2c1)[C@H]1C[C@H](NC(=O)OCc2ccccc2)C1. The summed E-state index contributed by atoms with van der Waals surface area (Å²) < 4.78 is 5.27. The second-order valence-corrected chi connectivity index (χ2v) is 7.17. The standard InChI is InChI=1S/C22H23N3O3/c1-15(26)25(19-7-8-21-17(11-19)9-10-23-21)20-12-18(13-20)24-22(27)28-14-16-5-3-2-4-6-16/h2-11,18,20,23H,12-14H2,1H3,(H,24,27)/t18-,20-. The van der Waals surface area contributed by atoms with Crippen molar-refractivity contribution in [3.05, 3.63) is 66.4 Å². The topological polar surface area (TPSA) is 74.4 Å². The number of amides is 2. The van der Waals surface area contributed by atoms with E-state index in [0.29, 0.717) is 12.8 Å². The Bertz CT molecular complexity index is 977. The van der Waals surface area contributed by atoms with E-state index in [4.69, 9.17) is 4.74 Å². The van der Waals surface area contributed by atoms with Gasteiger partial charge < -0.3 is 19.9 Å². The Balaban J connectivity index is 1.32. The predicted molar refractivity (Wildman–Crippen MR) is 108 cm³/mol. The number of ether oxygens (including phenoxy) is 1. The van der Waals surface area contributed by atoms with Crippen LogP contribution in [0.15, 0.2) is 60.8 Å². The zero-order valence-electron chi connectivity index (χ0n) is 15.7. The number of hydrogen-bond acceptors (Lipinski definition) is 3. The number of fused-ring (bicyclic) bond motifs is 1. The van der Waals surface area contributed by atoms with Gasteiger partial charge >= 0.3 is 6.09 Å². The van der Waals surface area contributed by atoms with Crippen LogP contribution < -0.4 is 10.2 Å². The molecule has 0 bridgehead atoms. The van der Waals surface area contributed by atoms with Gasteiger partial charge in [-0.05, 0) is 42.7 Å². The highest BCUT2D eigenvalue weighted by atomic mass is 16.5. The fourth-order valence-electron chi connectivity index (χ4n) is 3.69. The summed E-state index contributed by atoms with van der Waals surface area (Å²) in [7, 11) is 0. The average molecular weight is 377 g/mol. The molecule has 0 atom stereocenters. The van der Waals surface area contributed by atoms with Gasteiger partial charge in [0.1, 0.15) is 6.61 Å². The highest BCUT2D eigenvalue weighted by Crippen LogP contribution is 2.32. The Labute approximate surface area is 163 Å². The molecule has 0 spiro atoms. The molecule has 0 aliphatic heterocycles. The number of alkyl carbamates (subject to hydrolysis) is 1. The number of nitrogens with zero attached hydrogens (tertiary/aromatic N) is 1. The number of aromatic amines is 1. The second kappa shape index (κ2) is 7.76. The third-order valence-electron chi connectivity index (χ3n) is 5.17. The molecule has 2 aromatic carbocycles. The van der Waals surface area contributed by atoms with Crippen molar-refractivity contribution in [2.45, 2.75) is 38.5 Å². The fourth-order valence-corrected chi connectivity index (χ4v) is 3.69. The molecule has 1 aromatic heterocycles. The number of benzene rings is 2. The summed E-state index contributed by atoms with van der Waals surface area (Å²) in [6.45, 7) is 1.83. The molecule has 1 aliphatic rings. The van der Waals surface area contributed by atoms with E-state index < -0.39 is 6.09 Å². The van der Waals surface area contributed by atoms with E-state index in [1.807, 2.05) is 65.7 Å². The predicted octanol–water partition coefficient (Wildman–Crippen LogP) is 3.98. The van der Waals surface area contributed by atoms with Gasteiger partial charge in [0, 0.05) is 41.8 Å². The fraction of sp³-hybridized carbons (Fsp3) is 0.273. The maximum Gasteiger partial charge on any atom is 0.407 e. The summed E-state index contributed by atoms with van der Waals surface area (Å²) in [6, 6.07) is 17.6. The Morgan fingerprint density at radius 3 is 2.68 bits per heavy atom. The first-order valence-corrected chi connectivity index (χ1v) is 9.44. The van der Waals surface area contributed by atoms with Crippen LogP contribution in [0.1, 0.15) is 25.3 Å².